The number of hydrogen-bond acceptors (Lipinski definition) is 4. The molecule has 1 N–H and O–H groups in total. The highest BCUT2D eigenvalue weighted by molar-refractivity contribution is 9.10. The molecule has 3 rings (SSSR count). The van der Waals surface area contributed by atoms with Crippen molar-refractivity contribution in [1.29, 1.82) is 0 Å². The average Bonchev–Trinajstić information content (AvgIpc) is 2.93. The number of carbonyl (C=O) groups is 2. The van der Waals surface area contributed by atoms with E-state index in [1.807, 2.05) is 6.92 Å². The fourth-order valence-electron chi connectivity index (χ4n) is 3.81. The summed E-state index contributed by atoms with van der Waals surface area (Å²) in [5, 5.41) is 3.53. The molecule has 0 radical (unpaired) electrons. The summed E-state index contributed by atoms with van der Waals surface area (Å²) in [6, 6.07) is 18.6. The van der Waals surface area contributed by atoms with Crippen molar-refractivity contribution in [3.8, 4) is 0 Å². The topological polar surface area (TPSA) is 86.8 Å². The van der Waals surface area contributed by atoms with Gasteiger partial charge < -0.3 is 10.2 Å². The van der Waals surface area contributed by atoms with Crippen LogP contribution in [0.25, 0.3) is 0 Å². The number of sulfonamides is 1. The number of amides is 2. The minimum Gasteiger partial charge on any atom is -0.354 e. The van der Waals surface area contributed by atoms with Gasteiger partial charge in [0.2, 0.25) is 11.8 Å². The molecule has 1 unspecified atom stereocenters. The molecule has 0 aliphatic carbocycles. The highest BCUT2D eigenvalue weighted by Crippen LogP contribution is 2.27. The molecule has 0 heterocycles. The van der Waals surface area contributed by atoms with Crippen LogP contribution in [-0.4, -0.2) is 44.3 Å². The summed E-state index contributed by atoms with van der Waals surface area (Å²) < 4.78 is 29.3. The first-order chi connectivity index (χ1) is 18.5. The molecule has 0 saturated carbocycles. The Labute approximate surface area is 248 Å². The molecule has 0 aliphatic rings. The molecule has 1 atom stereocenters. The number of unbranched alkanes of at least 4 members (excludes halogenated alkanes) is 1. The number of rotatable bonds is 12. The van der Waals surface area contributed by atoms with Crippen molar-refractivity contribution in [2.24, 2.45) is 0 Å². The number of benzene rings is 3. The second-order valence-corrected chi connectivity index (χ2v) is 12.5. The van der Waals surface area contributed by atoms with Gasteiger partial charge >= 0.3 is 0 Å². The third kappa shape index (κ3) is 8.20. The summed E-state index contributed by atoms with van der Waals surface area (Å²) in [5.41, 5.74) is 0.956. The molecule has 3 aromatic rings. The molecular formula is C28H30BrCl2N3O4S. The standard InChI is InChI=1S/C28H30BrCl2N3O4S/c1-3-4-16-32-28(36)20(2)33(18-21-10-15-25(30)26(31)17-21)27(35)19-34(23-13-11-22(29)12-14-23)39(37,38)24-8-6-5-7-9-24/h5-15,17,20H,3-4,16,18-19H2,1-2H3,(H,32,36). The number of carbonyl (C=O) groups excluding carboxylic acids is 2. The van der Waals surface area contributed by atoms with E-state index in [4.69, 9.17) is 23.2 Å². The van der Waals surface area contributed by atoms with Crippen molar-refractivity contribution >= 4 is 66.7 Å². The maximum absolute atomic E-state index is 13.9. The van der Waals surface area contributed by atoms with E-state index in [1.54, 1.807) is 67.6 Å². The molecule has 3 aromatic carbocycles. The van der Waals surface area contributed by atoms with Crippen LogP contribution in [0.15, 0.2) is 82.2 Å². The van der Waals surface area contributed by atoms with Gasteiger partial charge in [-0.2, -0.15) is 0 Å². The largest absolute Gasteiger partial charge is 0.354 e. The summed E-state index contributed by atoms with van der Waals surface area (Å²) in [7, 11) is -4.11. The molecule has 7 nitrogen and oxygen atoms in total. The van der Waals surface area contributed by atoms with Gasteiger partial charge in [-0.05, 0) is 67.4 Å². The Morgan fingerprint density at radius 2 is 1.64 bits per heavy atom. The summed E-state index contributed by atoms with van der Waals surface area (Å²) >= 11 is 15.6. The van der Waals surface area contributed by atoms with Gasteiger partial charge in [0.25, 0.3) is 10.0 Å². The lowest BCUT2D eigenvalue weighted by molar-refractivity contribution is -0.139. The van der Waals surface area contributed by atoms with E-state index in [9.17, 15) is 18.0 Å². The van der Waals surface area contributed by atoms with Gasteiger partial charge in [-0.15, -0.1) is 0 Å². The van der Waals surface area contributed by atoms with Crippen LogP contribution in [0.4, 0.5) is 5.69 Å². The third-order valence-electron chi connectivity index (χ3n) is 6.06. The number of nitrogens with one attached hydrogen (secondary N) is 1. The molecular weight excluding hydrogens is 625 g/mol. The predicted octanol–water partition coefficient (Wildman–Crippen LogP) is 6.28. The predicted molar refractivity (Wildman–Crippen MR) is 160 cm³/mol. The van der Waals surface area contributed by atoms with Crippen LogP contribution < -0.4 is 9.62 Å². The van der Waals surface area contributed by atoms with Crippen LogP contribution >= 0.6 is 39.1 Å². The highest BCUT2D eigenvalue weighted by Gasteiger charge is 2.32. The van der Waals surface area contributed by atoms with Crippen molar-refractivity contribution in [3.63, 3.8) is 0 Å². The van der Waals surface area contributed by atoms with Crippen molar-refractivity contribution in [3.05, 3.63) is 92.9 Å². The summed E-state index contributed by atoms with van der Waals surface area (Å²) in [6.07, 6.45) is 1.70. The molecule has 0 bridgehead atoms. The Balaban J connectivity index is 1.99. The van der Waals surface area contributed by atoms with E-state index in [0.717, 1.165) is 21.6 Å². The van der Waals surface area contributed by atoms with Crippen LogP contribution in [-0.2, 0) is 26.2 Å². The minimum absolute atomic E-state index is 0.0254. The molecule has 0 aromatic heterocycles. The Kier molecular flexibility index (Phi) is 11.2. The first kappa shape index (κ1) is 30.9. The second kappa shape index (κ2) is 14.2. The van der Waals surface area contributed by atoms with Crippen molar-refractivity contribution in [2.45, 2.75) is 44.2 Å². The van der Waals surface area contributed by atoms with Crippen molar-refractivity contribution < 1.29 is 18.0 Å². The zero-order valence-corrected chi connectivity index (χ0v) is 25.5. The lowest BCUT2D eigenvalue weighted by Crippen LogP contribution is -2.51. The average molecular weight is 655 g/mol. The summed E-state index contributed by atoms with van der Waals surface area (Å²) in [5.74, 6) is -0.889. The van der Waals surface area contributed by atoms with E-state index in [1.165, 1.54) is 17.0 Å². The summed E-state index contributed by atoms with van der Waals surface area (Å²) in [4.78, 5) is 28.3. The number of hydrogen-bond donors (Lipinski definition) is 1. The van der Waals surface area contributed by atoms with E-state index in [-0.39, 0.29) is 17.3 Å². The lowest BCUT2D eigenvalue weighted by atomic mass is 10.1. The number of nitrogens with zero attached hydrogens (tertiary/aromatic N) is 2. The van der Waals surface area contributed by atoms with Crippen molar-refractivity contribution in [2.75, 3.05) is 17.4 Å². The molecule has 0 spiro atoms. The number of anilines is 1. The Bertz CT molecular complexity index is 1390. The van der Waals surface area contributed by atoms with Crippen LogP contribution in [0, 0.1) is 0 Å². The molecule has 0 fully saturated rings. The molecule has 39 heavy (non-hydrogen) atoms. The molecule has 11 heteroatoms. The lowest BCUT2D eigenvalue weighted by Gasteiger charge is -2.32. The van der Waals surface area contributed by atoms with E-state index in [2.05, 4.69) is 21.2 Å². The van der Waals surface area contributed by atoms with Crippen molar-refractivity contribution in [1.82, 2.24) is 10.2 Å². The van der Waals surface area contributed by atoms with Gasteiger partial charge in [-0.3, -0.25) is 13.9 Å². The van der Waals surface area contributed by atoms with Crippen LogP contribution in [0.5, 0.6) is 0 Å². The van der Waals surface area contributed by atoms with E-state index in [0.29, 0.717) is 27.8 Å². The van der Waals surface area contributed by atoms with Crippen LogP contribution in [0.2, 0.25) is 10.0 Å². The monoisotopic (exact) mass is 653 g/mol. The maximum Gasteiger partial charge on any atom is 0.264 e. The van der Waals surface area contributed by atoms with E-state index < -0.39 is 28.5 Å². The molecule has 0 saturated heterocycles. The zero-order valence-electron chi connectivity index (χ0n) is 21.6. The normalized spacial score (nSPS) is 12.0. The Morgan fingerprint density at radius 1 is 0.974 bits per heavy atom. The van der Waals surface area contributed by atoms with Gasteiger partial charge in [-0.1, -0.05) is 76.7 Å². The second-order valence-electron chi connectivity index (χ2n) is 8.89. The molecule has 0 aliphatic heterocycles. The minimum atomic E-state index is -4.11. The van der Waals surface area contributed by atoms with Gasteiger partial charge in [0.15, 0.2) is 0 Å². The van der Waals surface area contributed by atoms with Gasteiger partial charge in [0.1, 0.15) is 12.6 Å². The van der Waals surface area contributed by atoms with Gasteiger partial charge in [0, 0.05) is 17.6 Å². The smallest absolute Gasteiger partial charge is 0.264 e. The zero-order chi connectivity index (χ0) is 28.6. The SMILES string of the molecule is CCCCNC(=O)C(C)N(Cc1ccc(Cl)c(Cl)c1)C(=O)CN(c1ccc(Br)cc1)S(=O)(=O)c1ccccc1. The Hall–Kier alpha value is -2.59. The maximum atomic E-state index is 13.9. The fourth-order valence-corrected chi connectivity index (χ4v) is 5.83. The van der Waals surface area contributed by atoms with Gasteiger partial charge in [0.05, 0.1) is 20.6 Å². The third-order valence-corrected chi connectivity index (χ3v) is 9.11. The first-order valence-corrected chi connectivity index (χ1v) is 15.4. The van der Waals surface area contributed by atoms with Gasteiger partial charge in [-0.25, -0.2) is 8.42 Å². The first-order valence-electron chi connectivity index (χ1n) is 12.4. The fraction of sp³-hybridized carbons (Fsp3) is 0.286. The highest BCUT2D eigenvalue weighted by atomic mass is 79.9. The van der Waals surface area contributed by atoms with Crippen LogP contribution in [0.1, 0.15) is 32.3 Å². The summed E-state index contributed by atoms with van der Waals surface area (Å²) in [6.45, 7) is 3.61. The Morgan fingerprint density at radius 3 is 2.26 bits per heavy atom. The quantitative estimate of drug-likeness (QED) is 0.233. The van der Waals surface area contributed by atoms with Crippen LogP contribution in [0.3, 0.4) is 0 Å². The number of halogens is 3. The molecule has 208 valence electrons. The molecule has 2 amide bonds. The van der Waals surface area contributed by atoms with E-state index >= 15 is 0 Å².